The lowest BCUT2D eigenvalue weighted by atomic mass is 10.2. The first-order chi connectivity index (χ1) is 12.9. The van der Waals surface area contributed by atoms with Gasteiger partial charge in [-0.1, -0.05) is 35.5 Å². The third kappa shape index (κ3) is 4.30. The van der Waals surface area contributed by atoms with Gasteiger partial charge in [-0.3, -0.25) is 0 Å². The number of hydrogen-bond acceptors (Lipinski definition) is 6. The van der Waals surface area contributed by atoms with Crippen LogP contribution in [0.1, 0.15) is 23.4 Å². The Bertz CT molecular complexity index is 875. The molecule has 0 unspecified atom stereocenters. The molecule has 1 amide bonds. The van der Waals surface area contributed by atoms with Gasteiger partial charge in [0.1, 0.15) is 17.2 Å². The number of ether oxygens (including phenoxy) is 1. The lowest BCUT2D eigenvalue weighted by Gasteiger charge is -2.21. The highest BCUT2D eigenvalue weighted by Crippen LogP contribution is 2.24. The number of benzene rings is 1. The predicted molar refractivity (Wildman–Crippen MR) is 97.6 cm³/mol. The molecule has 0 N–H and O–H groups in total. The van der Waals surface area contributed by atoms with E-state index in [1.807, 2.05) is 30.3 Å². The first-order valence-electron chi connectivity index (χ1n) is 8.78. The van der Waals surface area contributed by atoms with E-state index >= 15 is 0 Å². The Kier molecular flexibility index (Phi) is 5.81. The van der Waals surface area contributed by atoms with Gasteiger partial charge in [0, 0.05) is 26.2 Å². The zero-order chi connectivity index (χ0) is 19.4. The van der Waals surface area contributed by atoms with E-state index in [-0.39, 0.29) is 30.4 Å². The van der Waals surface area contributed by atoms with Crippen LogP contribution >= 0.6 is 0 Å². The standard InChI is InChI=1S/C18H23N3O5S/c1-14-17(15(2)26-19-14)27(23,24)21-10-6-9-20(11-12-21)18(22)25-13-16-7-4-3-5-8-16/h3-5,7-8H,6,9-13H2,1-2H3. The molecule has 0 bridgehead atoms. The summed E-state index contributed by atoms with van der Waals surface area (Å²) in [4.78, 5) is 14.0. The van der Waals surface area contributed by atoms with Crippen LogP contribution in [-0.4, -0.2) is 55.1 Å². The minimum absolute atomic E-state index is 0.114. The first kappa shape index (κ1) is 19.4. The van der Waals surface area contributed by atoms with E-state index in [9.17, 15) is 13.2 Å². The van der Waals surface area contributed by atoms with Crippen molar-refractivity contribution >= 4 is 16.1 Å². The summed E-state index contributed by atoms with van der Waals surface area (Å²) in [6, 6.07) is 9.43. The largest absolute Gasteiger partial charge is 0.445 e. The molecule has 1 saturated heterocycles. The molecular formula is C18H23N3O5S. The van der Waals surface area contributed by atoms with Crippen molar-refractivity contribution in [3.8, 4) is 0 Å². The highest BCUT2D eigenvalue weighted by Gasteiger charge is 2.33. The molecule has 2 heterocycles. The van der Waals surface area contributed by atoms with Crippen molar-refractivity contribution in [3.63, 3.8) is 0 Å². The Labute approximate surface area is 158 Å². The monoisotopic (exact) mass is 393 g/mol. The van der Waals surface area contributed by atoms with E-state index in [2.05, 4.69) is 5.16 Å². The van der Waals surface area contributed by atoms with Crippen molar-refractivity contribution < 1.29 is 22.5 Å². The molecule has 0 saturated carbocycles. The Morgan fingerprint density at radius 1 is 1.15 bits per heavy atom. The van der Waals surface area contributed by atoms with E-state index in [0.29, 0.717) is 25.2 Å². The summed E-state index contributed by atoms with van der Waals surface area (Å²) in [5, 5.41) is 3.73. The Balaban J connectivity index is 1.62. The number of aromatic nitrogens is 1. The summed E-state index contributed by atoms with van der Waals surface area (Å²) in [6.07, 6.45) is 0.0960. The molecule has 8 nitrogen and oxygen atoms in total. The molecule has 0 spiro atoms. The van der Waals surface area contributed by atoms with Crippen LogP contribution < -0.4 is 0 Å². The lowest BCUT2D eigenvalue weighted by Crippen LogP contribution is -2.37. The fraction of sp³-hybridized carbons (Fsp3) is 0.444. The number of sulfonamides is 1. The van der Waals surface area contributed by atoms with E-state index in [1.54, 1.807) is 18.7 Å². The number of amides is 1. The Morgan fingerprint density at radius 2 is 1.89 bits per heavy atom. The smallest absolute Gasteiger partial charge is 0.410 e. The normalized spacial score (nSPS) is 16.1. The van der Waals surface area contributed by atoms with Crippen molar-refractivity contribution in [2.75, 3.05) is 26.2 Å². The molecule has 27 heavy (non-hydrogen) atoms. The van der Waals surface area contributed by atoms with Crippen LogP contribution in [0, 0.1) is 13.8 Å². The Hall–Kier alpha value is -2.39. The lowest BCUT2D eigenvalue weighted by molar-refractivity contribution is 0.0980. The summed E-state index contributed by atoms with van der Waals surface area (Å²) >= 11 is 0. The van der Waals surface area contributed by atoms with Crippen LogP contribution in [0.15, 0.2) is 39.8 Å². The second-order valence-electron chi connectivity index (χ2n) is 6.44. The van der Waals surface area contributed by atoms with Gasteiger partial charge in [0.05, 0.1) is 0 Å². The van der Waals surface area contributed by atoms with Gasteiger partial charge in [-0.25, -0.2) is 13.2 Å². The van der Waals surface area contributed by atoms with Gasteiger partial charge >= 0.3 is 6.09 Å². The topological polar surface area (TPSA) is 93.0 Å². The number of carbonyl (C=O) groups excluding carboxylic acids is 1. The maximum Gasteiger partial charge on any atom is 0.410 e. The summed E-state index contributed by atoms with van der Waals surface area (Å²) < 4.78 is 37.6. The van der Waals surface area contributed by atoms with E-state index in [1.165, 1.54) is 4.31 Å². The second kappa shape index (κ2) is 8.10. The predicted octanol–water partition coefficient (Wildman–Crippen LogP) is 2.32. The van der Waals surface area contributed by atoms with Crippen LogP contribution in [0.5, 0.6) is 0 Å². The third-order valence-electron chi connectivity index (χ3n) is 4.48. The summed E-state index contributed by atoms with van der Waals surface area (Å²) in [5.41, 5.74) is 1.25. The molecule has 146 valence electrons. The zero-order valence-electron chi connectivity index (χ0n) is 15.4. The van der Waals surface area contributed by atoms with Crippen LogP contribution in [0.3, 0.4) is 0 Å². The van der Waals surface area contributed by atoms with Crippen LogP contribution in [0.2, 0.25) is 0 Å². The molecule has 1 aromatic carbocycles. The molecule has 1 fully saturated rings. The first-order valence-corrected chi connectivity index (χ1v) is 10.2. The molecule has 0 aliphatic carbocycles. The van der Waals surface area contributed by atoms with E-state index < -0.39 is 16.1 Å². The molecule has 1 aliphatic heterocycles. The average Bonchev–Trinajstić information content (AvgIpc) is 2.86. The van der Waals surface area contributed by atoms with Gasteiger partial charge in [-0.2, -0.15) is 4.31 Å². The van der Waals surface area contributed by atoms with Gasteiger partial charge in [-0.15, -0.1) is 0 Å². The Morgan fingerprint density at radius 3 is 2.56 bits per heavy atom. The SMILES string of the molecule is Cc1noc(C)c1S(=O)(=O)N1CCCN(C(=O)OCc2ccccc2)CC1. The zero-order valence-corrected chi connectivity index (χ0v) is 16.2. The van der Waals surface area contributed by atoms with Crippen molar-refractivity contribution in [1.29, 1.82) is 0 Å². The maximum absolute atomic E-state index is 12.9. The van der Waals surface area contributed by atoms with E-state index in [4.69, 9.17) is 9.26 Å². The summed E-state index contributed by atoms with van der Waals surface area (Å²) in [5.74, 6) is 0.274. The number of rotatable bonds is 4. The number of nitrogens with zero attached hydrogens (tertiary/aromatic N) is 3. The summed E-state index contributed by atoms with van der Waals surface area (Å²) in [7, 11) is -3.71. The van der Waals surface area contributed by atoms with Crippen LogP contribution in [0.4, 0.5) is 4.79 Å². The number of hydrogen-bond donors (Lipinski definition) is 0. The molecule has 9 heteroatoms. The van der Waals surface area contributed by atoms with Crippen LogP contribution in [-0.2, 0) is 21.4 Å². The van der Waals surface area contributed by atoms with Gasteiger partial charge in [-0.05, 0) is 25.8 Å². The molecule has 1 aliphatic rings. The number of carbonyl (C=O) groups is 1. The highest BCUT2D eigenvalue weighted by atomic mass is 32.2. The van der Waals surface area contributed by atoms with Crippen molar-refractivity contribution in [1.82, 2.24) is 14.4 Å². The molecule has 3 rings (SSSR count). The third-order valence-corrected chi connectivity index (χ3v) is 6.63. The second-order valence-corrected chi connectivity index (χ2v) is 8.31. The average molecular weight is 393 g/mol. The van der Waals surface area contributed by atoms with Gasteiger partial charge < -0.3 is 14.2 Å². The summed E-state index contributed by atoms with van der Waals surface area (Å²) in [6.45, 7) is 4.63. The van der Waals surface area contributed by atoms with Crippen molar-refractivity contribution in [2.24, 2.45) is 0 Å². The molecule has 0 radical (unpaired) electrons. The van der Waals surface area contributed by atoms with Crippen molar-refractivity contribution in [2.45, 2.75) is 31.8 Å². The maximum atomic E-state index is 12.9. The quantitative estimate of drug-likeness (QED) is 0.791. The van der Waals surface area contributed by atoms with Gasteiger partial charge in [0.25, 0.3) is 0 Å². The number of aryl methyl sites for hydroxylation is 2. The van der Waals surface area contributed by atoms with Crippen LogP contribution in [0.25, 0.3) is 0 Å². The minimum Gasteiger partial charge on any atom is -0.445 e. The van der Waals surface area contributed by atoms with E-state index in [0.717, 1.165) is 5.56 Å². The fourth-order valence-electron chi connectivity index (χ4n) is 3.10. The van der Waals surface area contributed by atoms with Gasteiger partial charge in [0.2, 0.25) is 10.0 Å². The molecular weight excluding hydrogens is 370 g/mol. The molecule has 1 aromatic heterocycles. The fourth-order valence-corrected chi connectivity index (χ4v) is 4.86. The van der Waals surface area contributed by atoms with Crippen molar-refractivity contribution in [3.05, 3.63) is 47.3 Å². The van der Waals surface area contributed by atoms with Gasteiger partial charge in [0.15, 0.2) is 5.76 Å². The highest BCUT2D eigenvalue weighted by molar-refractivity contribution is 7.89. The molecule has 0 atom stereocenters. The molecule has 2 aromatic rings. The minimum atomic E-state index is -3.71.